The molecule has 1 rings (SSSR count). The van der Waals surface area contributed by atoms with E-state index in [-0.39, 0.29) is 24.9 Å². The van der Waals surface area contributed by atoms with Gasteiger partial charge in [0.05, 0.1) is 32.8 Å². The standard InChI is InChI=1S/C29H58NO5P/c1-3-4-5-6-7-8-9-10-11-12-13-14-15-16-21-29(26-28(2)31)27-35-36(32,33)34-25-20-19-24-30-22-17-18-23-30/h29H,3-27H2,1-2H3,(H,32,33)/p+1. The van der Waals surface area contributed by atoms with Crippen LogP contribution in [-0.4, -0.2) is 43.5 Å². The molecular formula is C29H59NO5P+. The number of phosphoric ester groups is 1. The normalized spacial score (nSPS) is 16.9. The van der Waals surface area contributed by atoms with Crippen LogP contribution in [0.3, 0.4) is 0 Å². The van der Waals surface area contributed by atoms with E-state index in [1.165, 1.54) is 103 Å². The monoisotopic (exact) mass is 532 g/mol. The molecule has 0 amide bonds. The van der Waals surface area contributed by atoms with E-state index in [4.69, 9.17) is 9.05 Å². The molecule has 2 N–H and O–H groups in total. The number of phosphoric acid groups is 1. The fourth-order valence-electron chi connectivity index (χ4n) is 5.30. The third-order valence-corrected chi connectivity index (χ3v) is 8.49. The quantitative estimate of drug-likeness (QED) is 0.0922. The van der Waals surface area contributed by atoms with Crippen molar-refractivity contribution in [1.29, 1.82) is 0 Å². The van der Waals surface area contributed by atoms with E-state index in [2.05, 4.69) is 6.92 Å². The molecule has 0 bridgehead atoms. The molecule has 2 atom stereocenters. The third kappa shape index (κ3) is 20.8. The van der Waals surface area contributed by atoms with E-state index in [1.54, 1.807) is 11.8 Å². The summed E-state index contributed by atoms with van der Waals surface area (Å²) < 4.78 is 22.7. The van der Waals surface area contributed by atoms with Crippen LogP contribution >= 0.6 is 7.82 Å². The largest absolute Gasteiger partial charge is 0.472 e. The van der Waals surface area contributed by atoms with E-state index in [0.29, 0.717) is 6.42 Å². The average molecular weight is 533 g/mol. The highest BCUT2D eigenvalue weighted by atomic mass is 31.2. The first-order valence-electron chi connectivity index (χ1n) is 15.4. The highest BCUT2D eigenvalue weighted by Gasteiger charge is 2.24. The van der Waals surface area contributed by atoms with E-state index in [9.17, 15) is 14.3 Å². The number of likely N-dealkylation sites (tertiary alicyclic amines) is 1. The number of quaternary nitrogens is 1. The molecular weight excluding hydrogens is 473 g/mol. The van der Waals surface area contributed by atoms with Gasteiger partial charge in [-0.05, 0) is 32.1 Å². The molecule has 0 radical (unpaired) electrons. The second-order valence-corrected chi connectivity index (χ2v) is 12.6. The molecule has 214 valence electrons. The number of ketones is 1. The Labute approximate surface area is 222 Å². The predicted molar refractivity (Wildman–Crippen MR) is 149 cm³/mol. The van der Waals surface area contributed by atoms with Gasteiger partial charge >= 0.3 is 7.82 Å². The van der Waals surface area contributed by atoms with E-state index >= 15 is 0 Å². The van der Waals surface area contributed by atoms with Crippen LogP contribution in [0.2, 0.25) is 0 Å². The van der Waals surface area contributed by atoms with Gasteiger partial charge in [-0.1, -0.05) is 96.8 Å². The maximum absolute atomic E-state index is 12.2. The summed E-state index contributed by atoms with van der Waals surface area (Å²) in [6.45, 7) is 7.82. The zero-order valence-electron chi connectivity index (χ0n) is 23.8. The number of rotatable bonds is 26. The molecule has 6 nitrogen and oxygen atoms in total. The van der Waals surface area contributed by atoms with Gasteiger partial charge in [0.15, 0.2) is 0 Å². The number of hydrogen-bond acceptors (Lipinski definition) is 4. The Hall–Kier alpha value is -0.260. The Kier molecular flexibility index (Phi) is 21.3. The smallest absolute Gasteiger partial charge is 0.335 e. The summed E-state index contributed by atoms with van der Waals surface area (Å²) in [5.41, 5.74) is 0. The van der Waals surface area contributed by atoms with Crippen LogP contribution in [-0.2, 0) is 18.4 Å². The van der Waals surface area contributed by atoms with Gasteiger partial charge in [0, 0.05) is 19.3 Å². The van der Waals surface area contributed by atoms with Crippen molar-refractivity contribution >= 4 is 13.6 Å². The fourth-order valence-corrected chi connectivity index (χ4v) is 6.13. The van der Waals surface area contributed by atoms with Gasteiger partial charge in [-0.15, -0.1) is 0 Å². The first-order valence-corrected chi connectivity index (χ1v) is 16.9. The number of Topliss-reactive ketones (excluding diaryl/α,β-unsaturated/α-hetero) is 1. The molecule has 2 unspecified atom stereocenters. The van der Waals surface area contributed by atoms with Crippen LogP contribution in [0.5, 0.6) is 0 Å². The van der Waals surface area contributed by atoms with Crippen molar-refractivity contribution in [1.82, 2.24) is 0 Å². The van der Waals surface area contributed by atoms with Gasteiger partial charge in [-0.3, -0.25) is 9.05 Å². The Balaban J connectivity index is 2.03. The van der Waals surface area contributed by atoms with Crippen LogP contribution in [0.4, 0.5) is 0 Å². The lowest BCUT2D eigenvalue weighted by Gasteiger charge is -2.18. The van der Waals surface area contributed by atoms with Crippen LogP contribution in [0.15, 0.2) is 0 Å². The minimum absolute atomic E-state index is 0.0114. The molecule has 1 aliphatic rings. The van der Waals surface area contributed by atoms with E-state index < -0.39 is 7.82 Å². The minimum Gasteiger partial charge on any atom is -0.335 e. The number of hydrogen-bond donors (Lipinski definition) is 2. The summed E-state index contributed by atoms with van der Waals surface area (Å²) in [5, 5.41) is 0. The molecule has 0 saturated carbocycles. The average Bonchev–Trinajstić information content (AvgIpc) is 3.35. The summed E-state index contributed by atoms with van der Waals surface area (Å²) in [7, 11) is -4.05. The highest BCUT2D eigenvalue weighted by Crippen LogP contribution is 2.44. The Bertz CT molecular complexity index is 568. The van der Waals surface area contributed by atoms with Gasteiger partial charge in [-0.2, -0.15) is 0 Å². The Morgan fingerprint density at radius 3 is 1.86 bits per heavy atom. The summed E-state index contributed by atoms with van der Waals surface area (Å²) in [5.74, 6) is 0.0923. The molecule has 0 aromatic heterocycles. The Morgan fingerprint density at radius 2 is 1.33 bits per heavy atom. The van der Waals surface area contributed by atoms with Crippen LogP contribution < -0.4 is 4.90 Å². The lowest BCUT2D eigenvalue weighted by atomic mass is 9.96. The van der Waals surface area contributed by atoms with E-state index in [0.717, 1.165) is 38.6 Å². The maximum atomic E-state index is 12.2. The first kappa shape index (κ1) is 33.8. The molecule has 36 heavy (non-hydrogen) atoms. The first-order chi connectivity index (χ1) is 17.4. The maximum Gasteiger partial charge on any atom is 0.472 e. The predicted octanol–water partition coefficient (Wildman–Crippen LogP) is 7.05. The number of carbonyl (C=O) groups is 1. The zero-order chi connectivity index (χ0) is 26.3. The van der Waals surface area contributed by atoms with Gasteiger partial charge in [0.25, 0.3) is 0 Å². The molecule has 1 fully saturated rings. The van der Waals surface area contributed by atoms with Crippen LogP contribution in [0.1, 0.15) is 142 Å². The Morgan fingerprint density at radius 1 is 0.806 bits per heavy atom. The topological polar surface area (TPSA) is 77.3 Å². The summed E-state index contributed by atoms with van der Waals surface area (Å²) in [6, 6.07) is 0. The number of nitrogens with one attached hydrogen (secondary N) is 1. The second-order valence-electron chi connectivity index (χ2n) is 11.2. The molecule has 1 aliphatic heterocycles. The third-order valence-electron chi connectivity index (χ3n) is 7.51. The summed E-state index contributed by atoms with van der Waals surface area (Å²) in [6.07, 6.45) is 24.1. The molecule has 1 saturated heterocycles. The van der Waals surface area contributed by atoms with E-state index in [1.807, 2.05) is 0 Å². The summed E-state index contributed by atoms with van der Waals surface area (Å²) >= 11 is 0. The lowest BCUT2D eigenvalue weighted by Crippen LogP contribution is -3.09. The van der Waals surface area contributed by atoms with Crippen LogP contribution in [0.25, 0.3) is 0 Å². The van der Waals surface area contributed by atoms with Gasteiger partial charge in [0.1, 0.15) is 5.78 Å². The second kappa shape index (κ2) is 22.7. The molecule has 1 heterocycles. The molecule has 0 spiro atoms. The SMILES string of the molecule is CCCCCCCCCCCCCCCCC(COP(=O)(O)OCCCC[NH+]1CCCC1)CC(C)=O. The van der Waals surface area contributed by atoms with Gasteiger partial charge in [0.2, 0.25) is 0 Å². The van der Waals surface area contributed by atoms with Crippen LogP contribution in [0, 0.1) is 5.92 Å². The van der Waals surface area contributed by atoms with Crippen molar-refractivity contribution in [2.24, 2.45) is 5.92 Å². The van der Waals surface area contributed by atoms with Crippen molar-refractivity contribution < 1.29 is 28.2 Å². The molecule has 0 aliphatic carbocycles. The van der Waals surface area contributed by atoms with Crippen molar-refractivity contribution in [3.8, 4) is 0 Å². The molecule has 0 aromatic rings. The van der Waals surface area contributed by atoms with Gasteiger partial charge < -0.3 is 14.6 Å². The van der Waals surface area contributed by atoms with Crippen molar-refractivity contribution in [3.63, 3.8) is 0 Å². The zero-order valence-corrected chi connectivity index (χ0v) is 24.7. The number of carbonyl (C=O) groups excluding carboxylic acids is 1. The molecule has 0 aromatic carbocycles. The van der Waals surface area contributed by atoms with Crippen molar-refractivity contribution in [3.05, 3.63) is 0 Å². The van der Waals surface area contributed by atoms with Crippen molar-refractivity contribution in [2.75, 3.05) is 32.8 Å². The van der Waals surface area contributed by atoms with Gasteiger partial charge in [-0.25, -0.2) is 4.57 Å². The summed E-state index contributed by atoms with van der Waals surface area (Å²) in [4.78, 5) is 23.3. The van der Waals surface area contributed by atoms with Crippen molar-refractivity contribution in [2.45, 2.75) is 142 Å². The minimum atomic E-state index is -4.05. The molecule has 7 heteroatoms. The number of unbranched alkanes of at least 4 members (excludes halogenated alkanes) is 14. The fraction of sp³-hybridized carbons (Fsp3) is 0.966. The highest BCUT2D eigenvalue weighted by molar-refractivity contribution is 7.47. The lowest BCUT2D eigenvalue weighted by molar-refractivity contribution is -0.887.